The lowest BCUT2D eigenvalue weighted by Gasteiger charge is -2.42. The van der Waals surface area contributed by atoms with E-state index in [2.05, 4.69) is 271 Å². The molecular formula is C70H55NOS. The first kappa shape index (κ1) is 43.9. The summed E-state index contributed by atoms with van der Waals surface area (Å²) in [7, 11) is 0. The molecular weight excluding hydrogens is 903 g/mol. The predicted octanol–water partition coefficient (Wildman–Crippen LogP) is 18.7. The van der Waals surface area contributed by atoms with E-state index in [1.54, 1.807) is 0 Å². The summed E-state index contributed by atoms with van der Waals surface area (Å²) in [5.74, 6) is 1.73. The molecule has 10 aromatic carbocycles. The molecule has 2 heterocycles. The lowest BCUT2D eigenvalue weighted by molar-refractivity contribution is 0.437. The summed E-state index contributed by atoms with van der Waals surface area (Å²) in [5, 5.41) is 0. The van der Waals surface area contributed by atoms with E-state index in [9.17, 15) is 0 Å². The third-order valence-electron chi connectivity index (χ3n) is 16.3. The van der Waals surface area contributed by atoms with Gasteiger partial charge >= 0.3 is 0 Å². The van der Waals surface area contributed by atoms with E-state index in [0.29, 0.717) is 0 Å². The Balaban J connectivity index is 1.07. The van der Waals surface area contributed by atoms with Crippen LogP contribution in [-0.2, 0) is 21.7 Å². The van der Waals surface area contributed by atoms with E-state index in [1.807, 2.05) is 11.8 Å². The fraction of sp³-hybridized carbons (Fsp3) is 0.143. The molecule has 10 aromatic rings. The Morgan fingerprint density at radius 3 is 1.45 bits per heavy atom. The highest BCUT2D eigenvalue weighted by atomic mass is 32.2. The van der Waals surface area contributed by atoms with Crippen LogP contribution >= 0.6 is 11.8 Å². The average Bonchev–Trinajstić information content (AvgIpc) is 3.88. The molecule has 352 valence electrons. The maximum Gasteiger partial charge on any atom is 0.156 e. The van der Waals surface area contributed by atoms with Gasteiger partial charge < -0.3 is 9.64 Å². The number of fused-ring (bicyclic) bond motifs is 18. The van der Waals surface area contributed by atoms with E-state index in [4.69, 9.17) is 4.74 Å². The lowest BCUT2D eigenvalue weighted by Crippen LogP contribution is -2.33. The smallest absolute Gasteiger partial charge is 0.156 e. The van der Waals surface area contributed by atoms with Crippen molar-refractivity contribution in [2.45, 2.75) is 73.0 Å². The molecule has 2 aliphatic carbocycles. The SMILES string of the molecule is CC(C)(C)c1ccc2c(c1)C1(c3ccccc3Oc3c(N(c4ccc(-c5ccccc5)cc4)c4ccc5c(c4)C4(c6ccccc6Sc6ccccc64)c4ccccc4-5)cccc31)c1cc(C(C)(C)C)ccc1-2. The molecule has 0 bridgehead atoms. The van der Waals surface area contributed by atoms with Gasteiger partial charge in [0.1, 0.15) is 5.75 Å². The van der Waals surface area contributed by atoms with Crippen molar-refractivity contribution < 1.29 is 4.74 Å². The van der Waals surface area contributed by atoms with Gasteiger partial charge in [-0.15, -0.1) is 0 Å². The molecule has 3 heteroatoms. The van der Waals surface area contributed by atoms with Crippen LogP contribution in [0.4, 0.5) is 17.1 Å². The summed E-state index contributed by atoms with van der Waals surface area (Å²) in [6, 6.07) is 84.5. The second-order valence-electron chi connectivity index (χ2n) is 22.4. The number of anilines is 3. The molecule has 0 aromatic heterocycles. The molecule has 73 heavy (non-hydrogen) atoms. The first-order chi connectivity index (χ1) is 35.5. The largest absolute Gasteiger partial charge is 0.454 e. The second kappa shape index (κ2) is 15.8. The Hall–Kier alpha value is -7.85. The Kier molecular flexibility index (Phi) is 9.52. The summed E-state index contributed by atoms with van der Waals surface area (Å²) in [5.41, 5.74) is 22.0. The summed E-state index contributed by atoms with van der Waals surface area (Å²) in [4.78, 5) is 5.05. The minimum atomic E-state index is -0.674. The third-order valence-corrected chi connectivity index (χ3v) is 17.5. The van der Waals surface area contributed by atoms with Gasteiger partial charge in [-0.05, 0) is 137 Å². The highest BCUT2D eigenvalue weighted by Crippen LogP contribution is 2.66. The van der Waals surface area contributed by atoms with Gasteiger partial charge in [-0.2, -0.15) is 0 Å². The van der Waals surface area contributed by atoms with Gasteiger partial charge in [-0.1, -0.05) is 229 Å². The van der Waals surface area contributed by atoms with Crippen LogP contribution in [-0.4, -0.2) is 0 Å². The predicted molar refractivity (Wildman–Crippen MR) is 303 cm³/mol. The number of hydrogen-bond donors (Lipinski definition) is 0. The standard InChI is InChI=1S/C70H55NOS/c1-67(2,3)46-33-38-51-52-39-34-47(68(4,5)6)42-60(52)70(59(51)41-46)55-23-12-15-28-63(55)72-66-58(70)26-18-27-62(66)71(48-35-31-45(32-36-48)44-19-8-7-9-20-44)49-37-40-53-50-21-10-11-22-54(50)69(61(53)43-49)56-24-13-16-29-64(56)73-65-30-17-14-25-57(65)69/h7-43H,1-6H3. The zero-order chi connectivity index (χ0) is 49.4. The monoisotopic (exact) mass is 957 g/mol. The van der Waals surface area contributed by atoms with Crippen molar-refractivity contribution in [2.75, 3.05) is 4.90 Å². The number of hydrogen-bond acceptors (Lipinski definition) is 3. The van der Waals surface area contributed by atoms with Gasteiger partial charge in [-0.25, -0.2) is 0 Å². The number of nitrogens with zero attached hydrogens (tertiary/aromatic N) is 1. The normalized spacial score (nSPS) is 14.7. The Morgan fingerprint density at radius 2 is 0.822 bits per heavy atom. The number of benzene rings is 10. The maximum atomic E-state index is 7.54. The summed E-state index contributed by atoms with van der Waals surface area (Å²) < 4.78 is 7.54. The fourth-order valence-corrected chi connectivity index (χ4v) is 14.1. The van der Waals surface area contributed by atoms with Crippen molar-refractivity contribution in [3.05, 3.63) is 280 Å². The van der Waals surface area contributed by atoms with Crippen LogP contribution in [0.2, 0.25) is 0 Å². The summed E-state index contributed by atoms with van der Waals surface area (Å²) in [6.07, 6.45) is 0. The molecule has 2 nitrogen and oxygen atoms in total. The van der Waals surface area contributed by atoms with E-state index >= 15 is 0 Å². The van der Waals surface area contributed by atoms with Crippen molar-refractivity contribution in [1.82, 2.24) is 0 Å². The van der Waals surface area contributed by atoms with Gasteiger partial charge in [0.15, 0.2) is 5.75 Å². The molecule has 2 spiro atoms. The van der Waals surface area contributed by atoms with Gasteiger partial charge in [-0.3, -0.25) is 0 Å². The minimum absolute atomic E-state index is 0.0672. The van der Waals surface area contributed by atoms with Crippen LogP contribution in [0, 0.1) is 0 Å². The zero-order valence-electron chi connectivity index (χ0n) is 42.1. The molecule has 0 N–H and O–H groups in total. The lowest BCUT2D eigenvalue weighted by atomic mass is 9.64. The van der Waals surface area contributed by atoms with Crippen LogP contribution in [0.3, 0.4) is 0 Å². The van der Waals surface area contributed by atoms with Crippen LogP contribution in [0.25, 0.3) is 33.4 Å². The van der Waals surface area contributed by atoms with Crippen molar-refractivity contribution >= 4 is 28.8 Å². The molecule has 0 amide bonds. The van der Waals surface area contributed by atoms with Crippen molar-refractivity contribution in [1.29, 1.82) is 0 Å². The second-order valence-corrected chi connectivity index (χ2v) is 23.5. The van der Waals surface area contributed by atoms with Crippen LogP contribution in [0.1, 0.15) is 97.2 Å². The molecule has 0 saturated carbocycles. The average molecular weight is 958 g/mol. The Bertz CT molecular complexity index is 3780. The highest BCUT2D eigenvalue weighted by Gasteiger charge is 2.54. The van der Waals surface area contributed by atoms with Gasteiger partial charge in [0, 0.05) is 32.3 Å². The van der Waals surface area contributed by atoms with Gasteiger partial charge in [0.2, 0.25) is 0 Å². The van der Waals surface area contributed by atoms with E-state index in [-0.39, 0.29) is 10.8 Å². The number of ether oxygens (including phenoxy) is 1. The van der Waals surface area contributed by atoms with Crippen molar-refractivity contribution in [3.8, 4) is 44.9 Å². The van der Waals surface area contributed by atoms with Crippen LogP contribution < -0.4 is 9.64 Å². The first-order valence-corrected chi connectivity index (χ1v) is 26.6. The molecule has 14 rings (SSSR count). The zero-order valence-corrected chi connectivity index (χ0v) is 42.9. The number of rotatable bonds is 4. The van der Waals surface area contributed by atoms with Crippen molar-refractivity contribution in [3.63, 3.8) is 0 Å². The molecule has 2 aliphatic heterocycles. The van der Waals surface area contributed by atoms with Gasteiger partial charge in [0.05, 0.1) is 16.5 Å². The maximum absolute atomic E-state index is 7.54. The number of para-hydroxylation sites is 2. The Labute approximate surface area is 434 Å². The molecule has 0 unspecified atom stereocenters. The minimum Gasteiger partial charge on any atom is -0.454 e. The molecule has 0 radical (unpaired) electrons. The third kappa shape index (κ3) is 6.25. The topological polar surface area (TPSA) is 12.5 Å². The molecule has 4 aliphatic rings. The highest BCUT2D eigenvalue weighted by molar-refractivity contribution is 7.99. The molecule has 0 fully saturated rings. The van der Waals surface area contributed by atoms with E-state index in [0.717, 1.165) is 34.1 Å². The summed E-state index contributed by atoms with van der Waals surface area (Å²) in [6.45, 7) is 14.0. The molecule has 0 atom stereocenters. The Morgan fingerprint density at radius 1 is 0.356 bits per heavy atom. The van der Waals surface area contributed by atoms with E-state index < -0.39 is 10.8 Å². The van der Waals surface area contributed by atoms with Crippen LogP contribution in [0.15, 0.2) is 234 Å². The summed E-state index contributed by atoms with van der Waals surface area (Å²) >= 11 is 1.88. The van der Waals surface area contributed by atoms with Crippen LogP contribution in [0.5, 0.6) is 11.5 Å². The van der Waals surface area contributed by atoms with Crippen molar-refractivity contribution in [2.24, 2.45) is 0 Å². The first-order valence-electron chi connectivity index (χ1n) is 25.7. The molecule has 0 saturated heterocycles. The van der Waals surface area contributed by atoms with E-state index in [1.165, 1.54) is 93.2 Å². The quantitative estimate of drug-likeness (QED) is 0.174. The van der Waals surface area contributed by atoms with Gasteiger partial charge in [0.25, 0.3) is 0 Å². The fourth-order valence-electron chi connectivity index (χ4n) is 12.9.